The number of ether oxygens (including phenoxy) is 1. The Morgan fingerprint density at radius 3 is 2.44 bits per heavy atom. The lowest BCUT2D eigenvalue weighted by Crippen LogP contribution is -2.72. The number of hydrogen-bond acceptors (Lipinski definition) is 5. The molecule has 3 aromatic rings. The molecule has 1 aliphatic heterocycles. The zero-order chi connectivity index (χ0) is 22.9. The van der Waals surface area contributed by atoms with Crippen LogP contribution in [-0.2, 0) is 0 Å². The number of benzene rings is 2. The van der Waals surface area contributed by atoms with Crippen molar-refractivity contribution < 1.29 is 27.8 Å². The SMILES string of the molecule is O=C(c1cccs1)[C@@H]1[C@@H](c2cccc(Oc3ccccc3)c2)NC(=S)N[C@]1(O)C(F)(F)F. The van der Waals surface area contributed by atoms with Crippen LogP contribution in [0.1, 0.15) is 21.3 Å². The predicted octanol–water partition coefficient (Wildman–Crippen LogP) is 4.81. The Morgan fingerprint density at radius 2 is 1.78 bits per heavy atom. The van der Waals surface area contributed by atoms with Gasteiger partial charge >= 0.3 is 6.18 Å². The van der Waals surface area contributed by atoms with Gasteiger partial charge in [-0.25, -0.2) is 0 Å². The highest BCUT2D eigenvalue weighted by Gasteiger charge is 2.65. The van der Waals surface area contributed by atoms with E-state index in [0.717, 1.165) is 11.3 Å². The second kappa shape index (κ2) is 8.53. The summed E-state index contributed by atoms with van der Waals surface area (Å²) in [6.07, 6.45) is -5.17. The Bertz CT molecular complexity index is 1120. The van der Waals surface area contributed by atoms with Crippen molar-refractivity contribution in [2.24, 2.45) is 5.92 Å². The van der Waals surface area contributed by atoms with Gasteiger partial charge in [0, 0.05) is 0 Å². The van der Waals surface area contributed by atoms with Gasteiger partial charge < -0.3 is 20.5 Å². The summed E-state index contributed by atoms with van der Waals surface area (Å²) in [5, 5.41) is 16.5. The third kappa shape index (κ3) is 4.21. The fraction of sp³-hybridized carbons (Fsp3) is 0.182. The van der Waals surface area contributed by atoms with Gasteiger partial charge in [0.1, 0.15) is 17.4 Å². The molecule has 0 bridgehead atoms. The molecule has 3 atom stereocenters. The Labute approximate surface area is 190 Å². The highest BCUT2D eigenvalue weighted by atomic mass is 32.1. The number of Topliss-reactive ketones (excluding diaryl/α,β-unsaturated/α-hetero) is 1. The number of ketones is 1. The number of nitrogens with one attached hydrogen (secondary N) is 2. The Balaban J connectivity index is 1.77. The number of thiocarbonyl (C=S) groups is 1. The number of rotatable bonds is 5. The van der Waals surface area contributed by atoms with E-state index in [4.69, 9.17) is 17.0 Å². The van der Waals surface area contributed by atoms with Crippen molar-refractivity contribution >= 4 is 34.5 Å². The number of hydrogen-bond donors (Lipinski definition) is 3. The number of alkyl halides is 3. The van der Waals surface area contributed by atoms with Crippen LogP contribution in [0.5, 0.6) is 11.5 Å². The normalized spacial score (nSPS) is 23.2. The van der Waals surface area contributed by atoms with Crippen LogP contribution in [0.15, 0.2) is 72.1 Å². The van der Waals surface area contributed by atoms with Crippen molar-refractivity contribution in [1.82, 2.24) is 10.6 Å². The predicted molar refractivity (Wildman–Crippen MR) is 118 cm³/mol. The molecule has 32 heavy (non-hydrogen) atoms. The van der Waals surface area contributed by atoms with E-state index < -0.39 is 34.8 Å². The van der Waals surface area contributed by atoms with Crippen LogP contribution in [0.3, 0.4) is 0 Å². The fourth-order valence-corrected chi connectivity index (χ4v) is 4.57. The van der Waals surface area contributed by atoms with Crippen molar-refractivity contribution in [3.8, 4) is 11.5 Å². The quantitative estimate of drug-likeness (QED) is 0.361. The molecule has 0 spiro atoms. The molecule has 5 nitrogen and oxygen atoms in total. The van der Waals surface area contributed by atoms with Crippen molar-refractivity contribution in [2.45, 2.75) is 17.9 Å². The molecule has 1 fully saturated rings. The first-order valence-corrected chi connectivity index (χ1v) is 10.8. The molecule has 0 amide bonds. The minimum absolute atomic E-state index is 0.0933. The highest BCUT2D eigenvalue weighted by Crippen LogP contribution is 2.44. The maximum absolute atomic E-state index is 14.0. The smallest absolute Gasteiger partial charge is 0.437 e. The van der Waals surface area contributed by atoms with Crippen LogP contribution in [0.25, 0.3) is 0 Å². The third-order valence-corrected chi connectivity index (χ3v) is 6.15. The summed E-state index contributed by atoms with van der Waals surface area (Å²) in [6, 6.07) is 16.9. The van der Waals surface area contributed by atoms with E-state index in [-0.39, 0.29) is 4.88 Å². The summed E-state index contributed by atoms with van der Waals surface area (Å²) < 4.78 is 47.9. The number of aliphatic hydroxyl groups is 1. The van der Waals surface area contributed by atoms with Gasteiger partial charge in [-0.05, 0) is 53.5 Å². The molecule has 0 radical (unpaired) electrons. The average molecular weight is 479 g/mol. The van der Waals surface area contributed by atoms with Crippen molar-refractivity contribution in [2.75, 3.05) is 0 Å². The largest absolute Gasteiger partial charge is 0.457 e. The molecule has 3 N–H and O–H groups in total. The van der Waals surface area contributed by atoms with Gasteiger partial charge in [-0.3, -0.25) is 4.79 Å². The van der Waals surface area contributed by atoms with E-state index in [9.17, 15) is 23.1 Å². The van der Waals surface area contributed by atoms with Crippen LogP contribution in [0, 0.1) is 5.92 Å². The number of para-hydroxylation sites is 1. The minimum Gasteiger partial charge on any atom is -0.457 e. The van der Waals surface area contributed by atoms with Crippen LogP contribution >= 0.6 is 23.6 Å². The van der Waals surface area contributed by atoms with Crippen LogP contribution in [-0.4, -0.2) is 27.9 Å². The second-order valence-corrected chi connectivity index (χ2v) is 8.50. The molecule has 166 valence electrons. The second-order valence-electron chi connectivity index (χ2n) is 7.15. The Morgan fingerprint density at radius 1 is 1.06 bits per heavy atom. The molecule has 1 saturated heterocycles. The van der Waals surface area contributed by atoms with Gasteiger partial charge in [-0.1, -0.05) is 36.4 Å². The van der Waals surface area contributed by atoms with Gasteiger partial charge in [0.05, 0.1) is 10.9 Å². The number of thiophene rings is 1. The van der Waals surface area contributed by atoms with Gasteiger partial charge in [0.2, 0.25) is 5.72 Å². The summed E-state index contributed by atoms with van der Waals surface area (Å²) in [7, 11) is 0. The summed E-state index contributed by atoms with van der Waals surface area (Å²) in [5.41, 5.74) is -3.25. The van der Waals surface area contributed by atoms with Crippen molar-refractivity contribution in [3.05, 3.63) is 82.6 Å². The van der Waals surface area contributed by atoms with Gasteiger partial charge in [-0.15, -0.1) is 11.3 Å². The lowest BCUT2D eigenvalue weighted by Gasteiger charge is -2.46. The standard InChI is InChI=1S/C22H17F3N2O3S2/c23-22(24,25)21(29)17(19(28)16-10-5-11-32-16)18(26-20(31)27-21)13-6-4-9-15(12-13)30-14-7-2-1-3-8-14/h1-12,17-18,29H,(H2,26,27,31)/t17-,18+,21+/m0/s1. The number of carbonyl (C=O) groups is 1. The third-order valence-electron chi connectivity index (χ3n) is 5.05. The molecule has 2 heterocycles. The molecule has 2 aromatic carbocycles. The highest BCUT2D eigenvalue weighted by molar-refractivity contribution is 7.80. The Hall–Kier alpha value is -2.95. The van der Waals surface area contributed by atoms with E-state index in [1.54, 1.807) is 53.9 Å². The van der Waals surface area contributed by atoms with E-state index in [2.05, 4.69) is 5.32 Å². The first-order valence-electron chi connectivity index (χ1n) is 9.47. The Kier molecular flexibility index (Phi) is 5.93. The number of halogens is 3. The van der Waals surface area contributed by atoms with Crippen molar-refractivity contribution in [3.63, 3.8) is 0 Å². The summed E-state index contributed by atoms with van der Waals surface area (Å²) >= 11 is 5.95. The van der Waals surface area contributed by atoms with E-state index in [1.165, 1.54) is 12.1 Å². The first-order chi connectivity index (χ1) is 15.2. The zero-order valence-corrected chi connectivity index (χ0v) is 17.9. The van der Waals surface area contributed by atoms with Gasteiger partial charge in [-0.2, -0.15) is 13.2 Å². The van der Waals surface area contributed by atoms with Crippen molar-refractivity contribution in [1.29, 1.82) is 0 Å². The molecule has 0 saturated carbocycles. The molecule has 1 aromatic heterocycles. The van der Waals surface area contributed by atoms with Crippen LogP contribution in [0.2, 0.25) is 0 Å². The van der Waals surface area contributed by atoms with Crippen LogP contribution in [0.4, 0.5) is 13.2 Å². The summed E-state index contributed by atoms with van der Waals surface area (Å²) in [6.45, 7) is 0. The molecule has 10 heteroatoms. The molecule has 1 aliphatic rings. The zero-order valence-electron chi connectivity index (χ0n) is 16.3. The van der Waals surface area contributed by atoms with Gasteiger partial charge in [0.15, 0.2) is 10.9 Å². The van der Waals surface area contributed by atoms with Crippen LogP contribution < -0.4 is 15.4 Å². The maximum atomic E-state index is 14.0. The molecule has 0 unspecified atom stereocenters. The fourth-order valence-electron chi connectivity index (χ4n) is 3.58. The first kappa shape index (κ1) is 22.3. The topological polar surface area (TPSA) is 70.6 Å². The lowest BCUT2D eigenvalue weighted by molar-refractivity contribution is -0.285. The van der Waals surface area contributed by atoms with E-state index in [0.29, 0.717) is 17.1 Å². The van der Waals surface area contributed by atoms with Gasteiger partial charge in [0.25, 0.3) is 0 Å². The lowest BCUT2D eigenvalue weighted by atomic mass is 9.78. The summed E-state index contributed by atoms with van der Waals surface area (Å²) in [5.74, 6) is -1.91. The molecule has 0 aliphatic carbocycles. The molecular formula is C22H17F3N2O3S2. The molecule has 4 rings (SSSR count). The van der Waals surface area contributed by atoms with E-state index >= 15 is 0 Å². The van der Waals surface area contributed by atoms with E-state index in [1.807, 2.05) is 11.4 Å². The molecular weight excluding hydrogens is 461 g/mol. The number of carbonyl (C=O) groups excluding carboxylic acids is 1. The monoisotopic (exact) mass is 478 g/mol. The summed E-state index contributed by atoms with van der Waals surface area (Å²) in [4.78, 5) is 13.3. The maximum Gasteiger partial charge on any atom is 0.437 e. The average Bonchev–Trinajstić information content (AvgIpc) is 3.28. The minimum atomic E-state index is -5.17.